The Bertz CT molecular complexity index is 532. The molecule has 0 aliphatic heterocycles. The molecule has 0 spiro atoms. The molecule has 0 aliphatic rings. The van der Waals surface area contributed by atoms with Crippen LogP contribution in [0.15, 0.2) is 48.5 Å². The fourth-order valence-corrected chi connectivity index (χ4v) is 1.82. The number of carboxylic acid groups (broad SMARTS) is 1. The van der Waals surface area contributed by atoms with Crippen molar-refractivity contribution < 1.29 is 14.6 Å². The summed E-state index contributed by atoms with van der Waals surface area (Å²) in [5, 5.41) is 9.58. The molecule has 0 amide bonds. The zero-order valence-electron chi connectivity index (χ0n) is 9.47. The number of aromatic carboxylic acids is 1. The standard InChI is InChI=1S/C14H11BrO3/c15-9-10-1-5-12(6-2-10)18-13-7-3-11(4-8-13)14(16)17/h1-8H,9H2,(H,16,17). The highest BCUT2D eigenvalue weighted by Crippen LogP contribution is 2.22. The highest BCUT2D eigenvalue weighted by molar-refractivity contribution is 9.08. The predicted molar refractivity (Wildman–Crippen MR) is 72.5 cm³/mol. The molecule has 1 N–H and O–H groups in total. The first-order valence-electron chi connectivity index (χ1n) is 5.35. The van der Waals surface area contributed by atoms with Crippen LogP contribution in [0.2, 0.25) is 0 Å². The Balaban J connectivity index is 2.10. The Morgan fingerprint density at radius 3 is 1.94 bits per heavy atom. The molecule has 2 aromatic rings. The van der Waals surface area contributed by atoms with Crippen LogP contribution in [0.25, 0.3) is 0 Å². The smallest absolute Gasteiger partial charge is 0.335 e. The normalized spacial score (nSPS) is 10.1. The van der Waals surface area contributed by atoms with Crippen molar-refractivity contribution in [2.45, 2.75) is 5.33 Å². The first kappa shape index (κ1) is 12.6. The fourth-order valence-electron chi connectivity index (χ4n) is 1.45. The van der Waals surface area contributed by atoms with Crippen LogP contribution >= 0.6 is 15.9 Å². The van der Waals surface area contributed by atoms with E-state index in [0.29, 0.717) is 5.75 Å². The van der Waals surface area contributed by atoms with Crippen LogP contribution in [0.1, 0.15) is 15.9 Å². The molecular formula is C14H11BrO3. The van der Waals surface area contributed by atoms with Crippen molar-refractivity contribution in [3.63, 3.8) is 0 Å². The molecule has 0 unspecified atom stereocenters. The molecule has 18 heavy (non-hydrogen) atoms. The van der Waals surface area contributed by atoms with Crippen LogP contribution in [0, 0.1) is 0 Å². The lowest BCUT2D eigenvalue weighted by Gasteiger charge is -2.06. The van der Waals surface area contributed by atoms with Gasteiger partial charge in [-0.3, -0.25) is 0 Å². The monoisotopic (exact) mass is 306 g/mol. The molecule has 0 saturated carbocycles. The molecule has 2 rings (SSSR count). The van der Waals surface area contributed by atoms with E-state index in [0.717, 1.165) is 11.1 Å². The Morgan fingerprint density at radius 1 is 1.00 bits per heavy atom. The molecule has 0 saturated heterocycles. The Kier molecular flexibility index (Phi) is 3.99. The highest BCUT2D eigenvalue weighted by Gasteiger charge is 2.03. The summed E-state index contributed by atoms with van der Waals surface area (Å²) in [4.78, 5) is 10.7. The number of rotatable bonds is 4. The third-order valence-corrected chi connectivity index (χ3v) is 3.06. The Morgan fingerprint density at radius 2 is 1.50 bits per heavy atom. The predicted octanol–water partition coefficient (Wildman–Crippen LogP) is 4.07. The van der Waals surface area contributed by atoms with Gasteiger partial charge in [0.25, 0.3) is 0 Å². The van der Waals surface area contributed by atoms with Crippen LogP contribution in [-0.4, -0.2) is 11.1 Å². The number of benzene rings is 2. The van der Waals surface area contributed by atoms with Crippen molar-refractivity contribution in [1.82, 2.24) is 0 Å². The van der Waals surface area contributed by atoms with Gasteiger partial charge in [0, 0.05) is 5.33 Å². The van der Waals surface area contributed by atoms with Crippen molar-refractivity contribution in [2.24, 2.45) is 0 Å². The van der Waals surface area contributed by atoms with E-state index in [1.165, 1.54) is 17.7 Å². The van der Waals surface area contributed by atoms with E-state index in [4.69, 9.17) is 9.84 Å². The number of carboxylic acids is 1. The number of carbonyl (C=O) groups is 1. The van der Waals surface area contributed by atoms with Crippen LogP contribution in [-0.2, 0) is 5.33 Å². The number of hydrogen-bond acceptors (Lipinski definition) is 2. The van der Waals surface area contributed by atoms with Gasteiger partial charge in [-0.2, -0.15) is 0 Å². The second-order valence-electron chi connectivity index (χ2n) is 3.71. The summed E-state index contributed by atoms with van der Waals surface area (Å²) in [6, 6.07) is 14.0. The van der Waals surface area contributed by atoms with Crippen molar-refractivity contribution in [1.29, 1.82) is 0 Å². The summed E-state index contributed by atoms with van der Waals surface area (Å²) in [6.07, 6.45) is 0. The molecule has 3 nitrogen and oxygen atoms in total. The molecule has 0 aromatic heterocycles. The van der Waals surface area contributed by atoms with Gasteiger partial charge in [0.15, 0.2) is 0 Å². The Hall–Kier alpha value is -1.81. The molecule has 0 fully saturated rings. The number of ether oxygens (including phenoxy) is 1. The van der Waals surface area contributed by atoms with E-state index in [9.17, 15) is 4.79 Å². The molecule has 0 aliphatic carbocycles. The van der Waals surface area contributed by atoms with Gasteiger partial charge in [0.2, 0.25) is 0 Å². The average molecular weight is 307 g/mol. The third-order valence-electron chi connectivity index (χ3n) is 2.41. The zero-order valence-corrected chi connectivity index (χ0v) is 11.1. The average Bonchev–Trinajstić information content (AvgIpc) is 2.40. The minimum atomic E-state index is -0.941. The first-order chi connectivity index (χ1) is 8.69. The summed E-state index contributed by atoms with van der Waals surface area (Å²) in [7, 11) is 0. The minimum absolute atomic E-state index is 0.247. The van der Waals surface area contributed by atoms with Crippen molar-refractivity contribution >= 4 is 21.9 Å². The van der Waals surface area contributed by atoms with E-state index < -0.39 is 5.97 Å². The molecule has 0 radical (unpaired) electrons. The van der Waals surface area contributed by atoms with Crippen LogP contribution in [0.5, 0.6) is 11.5 Å². The lowest BCUT2D eigenvalue weighted by Crippen LogP contribution is -1.95. The topological polar surface area (TPSA) is 46.5 Å². The first-order valence-corrected chi connectivity index (χ1v) is 6.47. The van der Waals surface area contributed by atoms with Crippen LogP contribution in [0.4, 0.5) is 0 Å². The van der Waals surface area contributed by atoms with Gasteiger partial charge in [-0.05, 0) is 42.0 Å². The van der Waals surface area contributed by atoms with E-state index in [1.807, 2.05) is 24.3 Å². The lowest BCUT2D eigenvalue weighted by atomic mass is 10.2. The van der Waals surface area contributed by atoms with Crippen LogP contribution in [0.3, 0.4) is 0 Å². The van der Waals surface area contributed by atoms with Crippen molar-refractivity contribution in [2.75, 3.05) is 0 Å². The molecule has 92 valence electrons. The summed E-state index contributed by atoms with van der Waals surface area (Å²) in [6.45, 7) is 0. The van der Waals surface area contributed by atoms with Crippen molar-refractivity contribution in [3.8, 4) is 11.5 Å². The maximum absolute atomic E-state index is 10.7. The summed E-state index contributed by atoms with van der Waals surface area (Å²) < 4.78 is 5.60. The van der Waals surface area contributed by atoms with Gasteiger partial charge in [-0.1, -0.05) is 28.1 Å². The Labute approximate surface area is 113 Å². The summed E-state index contributed by atoms with van der Waals surface area (Å²) >= 11 is 3.37. The SMILES string of the molecule is O=C(O)c1ccc(Oc2ccc(CBr)cc2)cc1. The molecule has 0 bridgehead atoms. The van der Waals surface area contributed by atoms with Gasteiger partial charge >= 0.3 is 5.97 Å². The third kappa shape index (κ3) is 3.11. The highest BCUT2D eigenvalue weighted by atomic mass is 79.9. The van der Waals surface area contributed by atoms with Gasteiger partial charge in [-0.25, -0.2) is 4.79 Å². The van der Waals surface area contributed by atoms with E-state index in [-0.39, 0.29) is 5.56 Å². The number of hydrogen-bond donors (Lipinski definition) is 1. The second kappa shape index (κ2) is 5.69. The maximum Gasteiger partial charge on any atom is 0.335 e. The number of alkyl halides is 1. The van der Waals surface area contributed by atoms with E-state index in [2.05, 4.69) is 15.9 Å². The molecule has 0 atom stereocenters. The summed E-state index contributed by atoms with van der Waals surface area (Å²) in [5.41, 5.74) is 1.42. The van der Waals surface area contributed by atoms with E-state index in [1.54, 1.807) is 12.1 Å². The fraction of sp³-hybridized carbons (Fsp3) is 0.0714. The minimum Gasteiger partial charge on any atom is -0.478 e. The van der Waals surface area contributed by atoms with Crippen molar-refractivity contribution in [3.05, 3.63) is 59.7 Å². The maximum atomic E-state index is 10.7. The van der Waals surface area contributed by atoms with Gasteiger partial charge < -0.3 is 9.84 Å². The quantitative estimate of drug-likeness (QED) is 0.866. The van der Waals surface area contributed by atoms with Gasteiger partial charge in [0.05, 0.1) is 5.56 Å². The summed E-state index contributed by atoms with van der Waals surface area (Å²) in [5.74, 6) is 0.401. The van der Waals surface area contributed by atoms with Gasteiger partial charge in [0.1, 0.15) is 11.5 Å². The van der Waals surface area contributed by atoms with Gasteiger partial charge in [-0.15, -0.1) is 0 Å². The van der Waals surface area contributed by atoms with E-state index >= 15 is 0 Å². The second-order valence-corrected chi connectivity index (χ2v) is 4.27. The van der Waals surface area contributed by atoms with Crippen LogP contribution < -0.4 is 4.74 Å². The molecule has 4 heteroatoms. The molecule has 2 aromatic carbocycles. The molecular weight excluding hydrogens is 296 g/mol. The lowest BCUT2D eigenvalue weighted by molar-refractivity contribution is 0.0697. The number of halogens is 1. The zero-order chi connectivity index (χ0) is 13.0. The molecule has 0 heterocycles. The largest absolute Gasteiger partial charge is 0.478 e.